The van der Waals surface area contributed by atoms with Gasteiger partial charge in [-0.1, -0.05) is 22.0 Å². The van der Waals surface area contributed by atoms with Crippen molar-refractivity contribution in [3.63, 3.8) is 0 Å². The van der Waals surface area contributed by atoms with Gasteiger partial charge in [-0.2, -0.15) is 0 Å². The SMILES string of the molecule is Cc1cc(CCC=O)cc(Br)c1C. The van der Waals surface area contributed by atoms with Crippen molar-refractivity contribution in [2.75, 3.05) is 0 Å². The molecule has 0 fully saturated rings. The normalized spacial score (nSPS) is 10.1. The standard InChI is InChI=1S/C11H13BrO/c1-8-6-10(4-3-5-13)7-11(12)9(8)2/h5-7H,3-4H2,1-2H3. The van der Waals surface area contributed by atoms with E-state index in [2.05, 4.69) is 41.9 Å². The van der Waals surface area contributed by atoms with Crippen molar-refractivity contribution in [3.05, 3.63) is 33.3 Å². The van der Waals surface area contributed by atoms with E-state index in [1.54, 1.807) is 0 Å². The Kier molecular flexibility index (Phi) is 3.67. The number of aldehydes is 1. The van der Waals surface area contributed by atoms with Gasteiger partial charge in [0.25, 0.3) is 0 Å². The summed E-state index contributed by atoms with van der Waals surface area (Å²) in [5.74, 6) is 0. The predicted molar refractivity (Wildman–Crippen MR) is 58.0 cm³/mol. The summed E-state index contributed by atoms with van der Waals surface area (Å²) in [6.45, 7) is 4.17. The molecule has 0 bridgehead atoms. The van der Waals surface area contributed by atoms with Gasteiger partial charge in [-0.3, -0.25) is 0 Å². The van der Waals surface area contributed by atoms with E-state index in [1.807, 2.05) is 0 Å². The summed E-state index contributed by atoms with van der Waals surface area (Å²) in [4.78, 5) is 10.2. The molecule has 0 unspecified atom stereocenters. The van der Waals surface area contributed by atoms with E-state index in [4.69, 9.17) is 0 Å². The fraction of sp³-hybridized carbons (Fsp3) is 0.364. The molecule has 0 saturated carbocycles. The summed E-state index contributed by atoms with van der Waals surface area (Å²) >= 11 is 3.50. The molecule has 0 saturated heterocycles. The van der Waals surface area contributed by atoms with Crippen LogP contribution in [0.4, 0.5) is 0 Å². The van der Waals surface area contributed by atoms with Crippen molar-refractivity contribution in [2.24, 2.45) is 0 Å². The smallest absolute Gasteiger partial charge is 0.120 e. The largest absolute Gasteiger partial charge is 0.303 e. The molecule has 0 atom stereocenters. The number of aryl methyl sites for hydroxylation is 2. The molecule has 13 heavy (non-hydrogen) atoms. The number of benzene rings is 1. The van der Waals surface area contributed by atoms with Gasteiger partial charge in [-0.25, -0.2) is 0 Å². The van der Waals surface area contributed by atoms with Crippen LogP contribution in [0.2, 0.25) is 0 Å². The Morgan fingerprint density at radius 1 is 1.38 bits per heavy atom. The van der Waals surface area contributed by atoms with Crippen LogP contribution >= 0.6 is 15.9 Å². The number of halogens is 1. The van der Waals surface area contributed by atoms with Gasteiger partial charge in [-0.15, -0.1) is 0 Å². The Morgan fingerprint density at radius 3 is 2.62 bits per heavy atom. The second kappa shape index (κ2) is 4.56. The van der Waals surface area contributed by atoms with Crippen molar-refractivity contribution >= 4 is 22.2 Å². The average Bonchev–Trinajstić information content (AvgIpc) is 2.10. The molecule has 1 rings (SSSR count). The summed E-state index contributed by atoms with van der Waals surface area (Å²) in [6.07, 6.45) is 2.40. The maximum Gasteiger partial charge on any atom is 0.120 e. The third kappa shape index (κ3) is 2.66. The second-order valence-corrected chi connectivity index (χ2v) is 4.08. The van der Waals surface area contributed by atoms with Crippen LogP contribution < -0.4 is 0 Å². The monoisotopic (exact) mass is 240 g/mol. The molecule has 0 heterocycles. The number of hydrogen-bond donors (Lipinski definition) is 0. The van der Waals surface area contributed by atoms with Gasteiger partial charge in [0.1, 0.15) is 6.29 Å². The van der Waals surface area contributed by atoms with Crippen LogP contribution in [0.3, 0.4) is 0 Å². The molecule has 1 nitrogen and oxygen atoms in total. The molecule has 0 aromatic heterocycles. The van der Waals surface area contributed by atoms with E-state index in [1.165, 1.54) is 16.7 Å². The Bertz CT molecular complexity index is 295. The van der Waals surface area contributed by atoms with Crippen molar-refractivity contribution in [1.82, 2.24) is 0 Å². The lowest BCUT2D eigenvalue weighted by Gasteiger charge is -2.06. The Morgan fingerprint density at radius 2 is 2.08 bits per heavy atom. The Hall–Kier alpha value is -0.630. The highest BCUT2D eigenvalue weighted by Crippen LogP contribution is 2.22. The topological polar surface area (TPSA) is 17.1 Å². The lowest BCUT2D eigenvalue weighted by molar-refractivity contribution is -0.107. The predicted octanol–water partition coefficient (Wildman–Crippen LogP) is 3.20. The van der Waals surface area contributed by atoms with Crippen LogP contribution in [0.25, 0.3) is 0 Å². The van der Waals surface area contributed by atoms with Crippen LogP contribution in [0.15, 0.2) is 16.6 Å². The minimum atomic E-state index is 0.606. The Labute approximate surface area is 87.3 Å². The van der Waals surface area contributed by atoms with E-state index in [9.17, 15) is 4.79 Å². The zero-order chi connectivity index (χ0) is 9.84. The summed E-state index contributed by atoms with van der Waals surface area (Å²) in [7, 11) is 0. The number of rotatable bonds is 3. The van der Waals surface area contributed by atoms with Crippen molar-refractivity contribution < 1.29 is 4.79 Å². The molecule has 1 aromatic carbocycles. The average molecular weight is 241 g/mol. The molecule has 1 aromatic rings. The first-order valence-electron chi connectivity index (χ1n) is 4.34. The van der Waals surface area contributed by atoms with Crippen LogP contribution in [0.5, 0.6) is 0 Å². The fourth-order valence-corrected chi connectivity index (χ4v) is 1.86. The molecule has 0 aliphatic rings. The molecule has 0 aliphatic carbocycles. The molecular weight excluding hydrogens is 228 g/mol. The molecule has 0 aliphatic heterocycles. The van der Waals surface area contributed by atoms with Gasteiger partial charge in [0.05, 0.1) is 0 Å². The molecule has 0 amide bonds. The van der Waals surface area contributed by atoms with Crippen molar-refractivity contribution in [1.29, 1.82) is 0 Å². The Balaban J connectivity index is 2.92. The third-order valence-corrected chi connectivity index (χ3v) is 3.04. The fourth-order valence-electron chi connectivity index (χ4n) is 1.26. The molecule has 0 N–H and O–H groups in total. The van der Waals surface area contributed by atoms with E-state index < -0.39 is 0 Å². The molecule has 0 radical (unpaired) electrons. The van der Waals surface area contributed by atoms with Crippen LogP contribution in [0.1, 0.15) is 23.1 Å². The van der Waals surface area contributed by atoms with Crippen molar-refractivity contribution in [3.8, 4) is 0 Å². The lowest BCUT2D eigenvalue weighted by atomic mass is 10.0. The summed E-state index contributed by atoms with van der Waals surface area (Å²) in [5, 5.41) is 0. The summed E-state index contributed by atoms with van der Waals surface area (Å²) in [6, 6.07) is 4.23. The van der Waals surface area contributed by atoms with E-state index >= 15 is 0 Å². The number of carbonyl (C=O) groups excluding carboxylic acids is 1. The highest BCUT2D eigenvalue weighted by atomic mass is 79.9. The zero-order valence-corrected chi connectivity index (χ0v) is 9.52. The first-order valence-corrected chi connectivity index (χ1v) is 5.13. The van der Waals surface area contributed by atoms with Crippen LogP contribution in [-0.2, 0) is 11.2 Å². The third-order valence-electron chi connectivity index (χ3n) is 2.21. The van der Waals surface area contributed by atoms with Gasteiger partial charge in [0.15, 0.2) is 0 Å². The van der Waals surface area contributed by atoms with Crippen LogP contribution in [-0.4, -0.2) is 6.29 Å². The second-order valence-electron chi connectivity index (χ2n) is 3.22. The van der Waals surface area contributed by atoms with E-state index in [0.29, 0.717) is 6.42 Å². The van der Waals surface area contributed by atoms with Gasteiger partial charge in [0, 0.05) is 10.9 Å². The highest BCUT2D eigenvalue weighted by molar-refractivity contribution is 9.10. The number of carbonyl (C=O) groups is 1. The molecular formula is C11H13BrO. The maximum absolute atomic E-state index is 10.2. The molecule has 70 valence electrons. The van der Waals surface area contributed by atoms with E-state index in [-0.39, 0.29) is 0 Å². The van der Waals surface area contributed by atoms with Gasteiger partial charge >= 0.3 is 0 Å². The minimum Gasteiger partial charge on any atom is -0.303 e. The van der Waals surface area contributed by atoms with Crippen molar-refractivity contribution in [2.45, 2.75) is 26.7 Å². The molecule has 2 heteroatoms. The summed E-state index contributed by atoms with van der Waals surface area (Å²) < 4.78 is 1.13. The van der Waals surface area contributed by atoms with Gasteiger partial charge in [0.2, 0.25) is 0 Å². The minimum absolute atomic E-state index is 0.606. The van der Waals surface area contributed by atoms with Gasteiger partial charge in [-0.05, 0) is 43.0 Å². The summed E-state index contributed by atoms with van der Waals surface area (Å²) in [5.41, 5.74) is 3.77. The first kappa shape index (κ1) is 10.5. The quantitative estimate of drug-likeness (QED) is 0.742. The maximum atomic E-state index is 10.2. The van der Waals surface area contributed by atoms with Gasteiger partial charge < -0.3 is 4.79 Å². The number of hydrogen-bond acceptors (Lipinski definition) is 1. The first-order chi connectivity index (χ1) is 6.15. The zero-order valence-electron chi connectivity index (χ0n) is 7.93. The van der Waals surface area contributed by atoms with E-state index in [0.717, 1.165) is 17.2 Å². The lowest BCUT2D eigenvalue weighted by Crippen LogP contribution is -1.90. The molecule has 0 spiro atoms. The van der Waals surface area contributed by atoms with Crippen LogP contribution in [0, 0.1) is 13.8 Å². The highest BCUT2D eigenvalue weighted by Gasteiger charge is 2.01.